The lowest BCUT2D eigenvalue weighted by Crippen LogP contribution is -2.31. The van der Waals surface area contributed by atoms with Gasteiger partial charge in [-0.15, -0.1) is 0 Å². The molecule has 2 aromatic rings. The molecule has 0 radical (unpaired) electrons. The number of aliphatic hydroxyl groups is 1. The second-order valence-electron chi connectivity index (χ2n) is 6.10. The van der Waals surface area contributed by atoms with Gasteiger partial charge in [0.25, 0.3) is 5.91 Å². The number of hydrogen-bond donors (Lipinski definition) is 2. The Morgan fingerprint density at radius 1 is 1.33 bits per heavy atom. The molecule has 1 aliphatic carbocycles. The Kier molecular flexibility index (Phi) is 4.89. The highest BCUT2D eigenvalue weighted by atomic mass is 19.2. The van der Waals surface area contributed by atoms with Crippen molar-refractivity contribution in [3.05, 3.63) is 52.9 Å². The number of hydrogen-bond acceptors (Lipinski definition) is 4. The van der Waals surface area contributed by atoms with E-state index in [1.165, 1.54) is 6.07 Å². The largest absolute Gasteiger partial charge is 0.396 e. The molecule has 0 bridgehead atoms. The molecule has 0 spiro atoms. The van der Waals surface area contributed by atoms with E-state index in [1.807, 2.05) is 0 Å². The van der Waals surface area contributed by atoms with Crippen LogP contribution in [0.15, 0.2) is 28.8 Å². The standard InChI is InChI=1S/C17H18F2N2O3/c18-13-4-1-10(6-14(13)19)5-11(9-22)8-20-17(23)16-7-15(21-24-16)12-2-3-12/h1,4,6-7,11-12,22H,2-3,5,8-9H2,(H,20,23). The summed E-state index contributed by atoms with van der Waals surface area (Å²) >= 11 is 0. The summed E-state index contributed by atoms with van der Waals surface area (Å²) in [6.45, 7) is -0.00318. The first-order chi connectivity index (χ1) is 11.6. The number of aliphatic hydroxyl groups excluding tert-OH is 1. The third kappa shape index (κ3) is 3.97. The van der Waals surface area contributed by atoms with E-state index in [0.29, 0.717) is 17.9 Å². The SMILES string of the molecule is O=C(NCC(CO)Cc1ccc(F)c(F)c1)c1cc(C2CC2)no1. The first-order valence-electron chi connectivity index (χ1n) is 7.86. The minimum atomic E-state index is -0.928. The van der Waals surface area contributed by atoms with E-state index >= 15 is 0 Å². The van der Waals surface area contributed by atoms with Gasteiger partial charge in [-0.25, -0.2) is 8.78 Å². The Bertz CT molecular complexity index is 728. The number of rotatable bonds is 7. The van der Waals surface area contributed by atoms with Crippen LogP contribution in [-0.4, -0.2) is 29.3 Å². The quantitative estimate of drug-likeness (QED) is 0.814. The van der Waals surface area contributed by atoms with Crippen LogP contribution in [0.3, 0.4) is 0 Å². The van der Waals surface area contributed by atoms with Crippen LogP contribution in [0.25, 0.3) is 0 Å². The molecule has 1 aliphatic rings. The molecule has 1 aromatic carbocycles. The highest BCUT2D eigenvalue weighted by Gasteiger charge is 2.28. The van der Waals surface area contributed by atoms with Crippen molar-refractivity contribution in [3.63, 3.8) is 0 Å². The summed E-state index contributed by atoms with van der Waals surface area (Å²) in [7, 11) is 0. The highest BCUT2D eigenvalue weighted by molar-refractivity contribution is 5.91. The summed E-state index contributed by atoms with van der Waals surface area (Å²) in [5.74, 6) is -2.02. The number of carbonyl (C=O) groups is 1. The Morgan fingerprint density at radius 2 is 2.12 bits per heavy atom. The normalized spacial score (nSPS) is 15.3. The maximum absolute atomic E-state index is 13.2. The zero-order valence-electron chi connectivity index (χ0n) is 13.0. The van der Waals surface area contributed by atoms with E-state index < -0.39 is 17.5 Å². The van der Waals surface area contributed by atoms with E-state index in [0.717, 1.165) is 30.7 Å². The fourth-order valence-corrected chi connectivity index (χ4v) is 2.49. The van der Waals surface area contributed by atoms with Crippen molar-refractivity contribution in [2.75, 3.05) is 13.2 Å². The smallest absolute Gasteiger partial charge is 0.289 e. The minimum Gasteiger partial charge on any atom is -0.396 e. The molecule has 1 fully saturated rings. The molecule has 128 valence electrons. The van der Waals surface area contributed by atoms with Gasteiger partial charge in [-0.05, 0) is 37.0 Å². The lowest BCUT2D eigenvalue weighted by Gasteiger charge is -2.14. The number of carbonyl (C=O) groups excluding carboxylic acids is 1. The maximum atomic E-state index is 13.2. The van der Waals surface area contributed by atoms with Gasteiger partial charge < -0.3 is 14.9 Å². The molecule has 2 N–H and O–H groups in total. The second kappa shape index (κ2) is 7.09. The van der Waals surface area contributed by atoms with E-state index in [9.17, 15) is 18.7 Å². The Hall–Kier alpha value is -2.28. The van der Waals surface area contributed by atoms with Crippen LogP contribution < -0.4 is 5.32 Å². The van der Waals surface area contributed by atoms with Gasteiger partial charge in [-0.1, -0.05) is 11.2 Å². The average Bonchev–Trinajstić information content (AvgIpc) is 3.31. The van der Waals surface area contributed by atoms with Crippen molar-refractivity contribution < 1.29 is 23.2 Å². The fourth-order valence-electron chi connectivity index (χ4n) is 2.49. The summed E-state index contributed by atoms with van der Waals surface area (Å²) in [5.41, 5.74) is 1.35. The van der Waals surface area contributed by atoms with Gasteiger partial charge in [0.1, 0.15) is 0 Å². The van der Waals surface area contributed by atoms with E-state index in [-0.39, 0.29) is 24.8 Å². The third-order valence-electron chi connectivity index (χ3n) is 4.07. The zero-order valence-corrected chi connectivity index (χ0v) is 13.0. The zero-order chi connectivity index (χ0) is 17.1. The molecular weight excluding hydrogens is 318 g/mol. The Balaban J connectivity index is 1.54. The van der Waals surface area contributed by atoms with Gasteiger partial charge in [-0.3, -0.25) is 4.79 Å². The minimum absolute atomic E-state index is 0.140. The van der Waals surface area contributed by atoms with Gasteiger partial charge >= 0.3 is 0 Å². The number of benzene rings is 1. The second-order valence-corrected chi connectivity index (χ2v) is 6.10. The summed E-state index contributed by atoms with van der Waals surface area (Å²) in [6, 6.07) is 5.24. The number of aromatic nitrogens is 1. The topological polar surface area (TPSA) is 75.4 Å². The molecule has 24 heavy (non-hydrogen) atoms. The number of halogens is 2. The van der Waals surface area contributed by atoms with Crippen LogP contribution in [0.5, 0.6) is 0 Å². The molecule has 0 aliphatic heterocycles. The van der Waals surface area contributed by atoms with E-state index in [4.69, 9.17) is 4.52 Å². The fraction of sp³-hybridized carbons (Fsp3) is 0.412. The highest BCUT2D eigenvalue weighted by Crippen LogP contribution is 2.39. The average molecular weight is 336 g/mol. The predicted octanol–water partition coefficient (Wildman–Crippen LogP) is 2.41. The summed E-state index contributed by atoms with van der Waals surface area (Å²) in [4.78, 5) is 12.0. The monoisotopic (exact) mass is 336 g/mol. The third-order valence-corrected chi connectivity index (χ3v) is 4.07. The van der Waals surface area contributed by atoms with Crippen molar-refractivity contribution >= 4 is 5.91 Å². The van der Waals surface area contributed by atoms with Crippen molar-refractivity contribution in [2.45, 2.75) is 25.2 Å². The van der Waals surface area contributed by atoms with Crippen molar-refractivity contribution in [2.24, 2.45) is 5.92 Å². The summed E-state index contributed by atoms with van der Waals surface area (Å²) in [6.07, 6.45) is 2.44. The number of nitrogens with zero attached hydrogens (tertiary/aromatic N) is 1. The molecule has 1 heterocycles. The van der Waals surface area contributed by atoms with Crippen molar-refractivity contribution in [3.8, 4) is 0 Å². The summed E-state index contributed by atoms with van der Waals surface area (Å²) in [5, 5.41) is 16.0. The van der Waals surface area contributed by atoms with Crippen LogP contribution in [0.4, 0.5) is 8.78 Å². The molecule has 1 amide bonds. The molecule has 7 heteroatoms. The molecule has 1 unspecified atom stereocenters. The molecule has 1 atom stereocenters. The van der Waals surface area contributed by atoms with Crippen molar-refractivity contribution in [1.82, 2.24) is 10.5 Å². The van der Waals surface area contributed by atoms with Crippen LogP contribution in [0, 0.1) is 17.6 Å². The van der Waals surface area contributed by atoms with E-state index in [1.54, 1.807) is 6.07 Å². The van der Waals surface area contributed by atoms with Crippen LogP contribution in [-0.2, 0) is 6.42 Å². The lowest BCUT2D eigenvalue weighted by atomic mass is 10.00. The molecule has 1 saturated carbocycles. The maximum Gasteiger partial charge on any atom is 0.289 e. The Labute approximate surface area is 137 Å². The lowest BCUT2D eigenvalue weighted by molar-refractivity contribution is 0.0903. The van der Waals surface area contributed by atoms with Gasteiger partial charge in [-0.2, -0.15) is 0 Å². The molecular formula is C17H18F2N2O3. The van der Waals surface area contributed by atoms with Gasteiger partial charge in [0, 0.05) is 31.1 Å². The van der Waals surface area contributed by atoms with Gasteiger partial charge in [0.2, 0.25) is 5.76 Å². The van der Waals surface area contributed by atoms with Crippen LogP contribution >= 0.6 is 0 Å². The molecule has 0 saturated heterocycles. The van der Waals surface area contributed by atoms with Gasteiger partial charge in [0.05, 0.1) is 5.69 Å². The van der Waals surface area contributed by atoms with Crippen LogP contribution in [0.1, 0.15) is 40.6 Å². The predicted molar refractivity (Wildman–Crippen MR) is 81.4 cm³/mol. The van der Waals surface area contributed by atoms with Crippen molar-refractivity contribution in [1.29, 1.82) is 0 Å². The molecule has 1 aromatic heterocycles. The van der Waals surface area contributed by atoms with Crippen LogP contribution in [0.2, 0.25) is 0 Å². The Morgan fingerprint density at radius 3 is 2.79 bits per heavy atom. The number of nitrogens with one attached hydrogen (secondary N) is 1. The molecule has 5 nitrogen and oxygen atoms in total. The number of amides is 1. The first kappa shape index (κ1) is 16.6. The molecule has 3 rings (SSSR count). The van der Waals surface area contributed by atoms with E-state index in [2.05, 4.69) is 10.5 Å². The summed E-state index contributed by atoms with van der Waals surface area (Å²) < 4.78 is 31.2. The van der Waals surface area contributed by atoms with Gasteiger partial charge in [0.15, 0.2) is 11.6 Å². The first-order valence-corrected chi connectivity index (χ1v) is 7.86.